The molecule has 7 heteroatoms. The first kappa shape index (κ1) is 38.7. The maximum absolute atomic E-state index is 11.1. The summed E-state index contributed by atoms with van der Waals surface area (Å²) in [6.07, 6.45) is 0. The Kier molecular flexibility index (Phi) is 8.91. The van der Waals surface area contributed by atoms with Crippen LogP contribution in [0.15, 0.2) is 200 Å². The number of hydrogen-bond acceptors (Lipinski definition) is 5. The molecular weight excluding hydrogens is 819 g/mol. The molecule has 0 saturated heterocycles. The normalized spacial score (nSPS) is 11.2. The van der Waals surface area contributed by atoms with Crippen molar-refractivity contribution < 1.29 is 0 Å². The zero-order chi connectivity index (χ0) is 45.2. The molecular formula is C60H33N7. The van der Waals surface area contributed by atoms with E-state index in [2.05, 4.69) is 148 Å². The molecule has 12 aromatic rings. The van der Waals surface area contributed by atoms with E-state index in [1.54, 1.807) is 12.1 Å². The highest BCUT2D eigenvalue weighted by molar-refractivity contribution is 6.22. The molecule has 0 aliphatic rings. The zero-order valence-electron chi connectivity index (χ0n) is 35.7. The first-order valence-corrected chi connectivity index (χ1v) is 21.8. The Labute approximate surface area is 384 Å². The van der Waals surface area contributed by atoms with Gasteiger partial charge in [-0.3, -0.25) is 0 Å². The van der Waals surface area contributed by atoms with Crippen LogP contribution in [0, 0.1) is 45.3 Å². The van der Waals surface area contributed by atoms with Gasteiger partial charge in [0.1, 0.15) is 18.2 Å². The molecule has 0 bridgehead atoms. The van der Waals surface area contributed by atoms with Crippen molar-refractivity contribution >= 4 is 82.2 Å². The Bertz CT molecular complexity index is 4210. The van der Waals surface area contributed by atoms with Crippen molar-refractivity contribution in [3.8, 4) is 46.8 Å². The van der Waals surface area contributed by atoms with Crippen molar-refractivity contribution in [1.29, 1.82) is 21.0 Å². The quantitative estimate of drug-likeness (QED) is 0.165. The fourth-order valence-corrected chi connectivity index (χ4v) is 10.1. The van der Waals surface area contributed by atoms with Crippen molar-refractivity contribution in [2.75, 3.05) is 4.90 Å². The van der Waals surface area contributed by atoms with Gasteiger partial charge in [0.05, 0.1) is 61.8 Å². The predicted octanol–water partition coefficient (Wildman–Crippen LogP) is 14.8. The van der Waals surface area contributed by atoms with Crippen LogP contribution in [0.2, 0.25) is 0 Å². The molecule has 0 atom stereocenters. The number of benzene rings is 10. The minimum absolute atomic E-state index is 0.412. The van der Waals surface area contributed by atoms with E-state index in [0.717, 1.165) is 93.3 Å². The molecule has 12 rings (SSSR count). The lowest BCUT2D eigenvalue weighted by molar-refractivity contribution is 1.16. The molecule has 67 heavy (non-hydrogen) atoms. The number of fused-ring (bicyclic) bond motifs is 10. The lowest BCUT2D eigenvalue weighted by Gasteiger charge is -2.26. The summed E-state index contributed by atoms with van der Waals surface area (Å²) in [4.78, 5) is 2.22. The van der Waals surface area contributed by atoms with Crippen LogP contribution < -0.4 is 4.90 Å². The van der Waals surface area contributed by atoms with Crippen molar-refractivity contribution in [2.45, 2.75) is 0 Å². The van der Waals surface area contributed by atoms with Crippen LogP contribution >= 0.6 is 0 Å². The second-order valence-electron chi connectivity index (χ2n) is 16.5. The molecule has 2 heterocycles. The van der Waals surface area contributed by atoms with E-state index < -0.39 is 0 Å². The number of para-hydroxylation sites is 2. The lowest BCUT2D eigenvalue weighted by Crippen LogP contribution is -2.10. The minimum atomic E-state index is 0.412. The summed E-state index contributed by atoms with van der Waals surface area (Å²) in [5.74, 6) is 0. The number of anilines is 3. The fourth-order valence-electron chi connectivity index (χ4n) is 10.1. The van der Waals surface area contributed by atoms with Gasteiger partial charge in [-0.2, -0.15) is 21.0 Å². The van der Waals surface area contributed by atoms with E-state index in [0.29, 0.717) is 33.6 Å². The van der Waals surface area contributed by atoms with Gasteiger partial charge in [0.15, 0.2) is 0 Å². The Morgan fingerprint density at radius 2 is 1.03 bits per heavy atom. The molecule has 7 nitrogen and oxygen atoms in total. The molecule has 0 amide bonds. The Morgan fingerprint density at radius 3 is 1.79 bits per heavy atom. The fraction of sp³-hybridized carbons (Fsp3) is 0. The molecule has 2 aromatic heterocycles. The van der Waals surface area contributed by atoms with Crippen molar-refractivity contribution in [3.05, 3.63) is 222 Å². The molecule has 308 valence electrons. The molecule has 10 aromatic carbocycles. The summed E-state index contributed by atoms with van der Waals surface area (Å²) in [5.41, 5.74) is 11.0. The second-order valence-corrected chi connectivity index (χ2v) is 16.5. The van der Waals surface area contributed by atoms with Gasteiger partial charge < -0.3 is 14.0 Å². The van der Waals surface area contributed by atoms with E-state index in [1.165, 1.54) is 0 Å². The summed E-state index contributed by atoms with van der Waals surface area (Å²) in [6.45, 7) is 0. The predicted molar refractivity (Wildman–Crippen MR) is 269 cm³/mol. The monoisotopic (exact) mass is 851 g/mol. The lowest BCUT2D eigenvalue weighted by atomic mass is 9.95. The van der Waals surface area contributed by atoms with Gasteiger partial charge in [-0.15, -0.1) is 0 Å². The first-order valence-electron chi connectivity index (χ1n) is 21.8. The molecule has 0 fully saturated rings. The Morgan fingerprint density at radius 1 is 0.388 bits per heavy atom. The van der Waals surface area contributed by atoms with Crippen molar-refractivity contribution in [2.24, 2.45) is 0 Å². The molecule has 0 radical (unpaired) electrons. The van der Waals surface area contributed by atoms with Gasteiger partial charge in [-0.25, -0.2) is 0 Å². The van der Waals surface area contributed by atoms with Crippen LogP contribution in [0.1, 0.15) is 22.3 Å². The van der Waals surface area contributed by atoms with E-state index in [1.807, 2.05) is 78.9 Å². The van der Waals surface area contributed by atoms with Gasteiger partial charge in [0.2, 0.25) is 0 Å². The highest BCUT2D eigenvalue weighted by Gasteiger charge is 2.24. The number of nitriles is 4. The standard InChI is InChI=1S/C60H33N7/c61-34-38-18-29-54(43(32-38)36-63)66-56-31-26-46(33-52(56)58-48-14-6-4-10-39(48)23-30-57(58)66)65(44-12-2-1-3-13-44)45-24-19-41(20-25-45)47-27-22-42(35-62)59(53(47)37-64)67-55-17-9-8-16-50(55)51-28-21-40-11-5-7-15-49(40)60(51)67/h1-33H. The Balaban J connectivity index is 1.04. The minimum Gasteiger partial charge on any atom is -0.310 e. The zero-order valence-corrected chi connectivity index (χ0v) is 35.7. The molecule has 0 aliphatic heterocycles. The van der Waals surface area contributed by atoms with Gasteiger partial charge in [-0.05, 0) is 101 Å². The van der Waals surface area contributed by atoms with Crippen molar-refractivity contribution in [1.82, 2.24) is 9.13 Å². The summed E-state index contributed by atoms with van der Waals surface area (Å²) >= 11 is 0. The van der Waals surface area contributed by atoms with Crippen molar-refractivity contribution in [3.63, 3.8) is 0 Å². The highest BCUT2D eigenvalue weighted by Crippen LogP contribution is 2.44. The van der Waals surface area contributed by atoms with E-state index in [-0.39, 0.29) is 0 Å². The summed E-state index contributed by atoms with van der Waals surface area (Å²) in [7, 11) is 0. The first-order chi connectivity index (χ1) is 33.1. The Hall–Kier alpha value is -9.92. The third-order valence-electron chi connectivity index (χ3n) is 13.0. The number of rotatable bonds is 6. The van der Waals surface area contributed by atoms with Crippen LogP contribution in [0.25, 0.3) is 87.7 Å². The average molecular weight is 852 g/mol. The molecule has 0 N–H and O–H groups in total. The van der Waals surface area contributed by atoms with Crippen LogP contribution in [-0.4, -0.2) is 9.13 Å². The van der Waals surface area contributed by atoms with E-state index >= 15 is 0 Å². The SMILES string of the molecule is N#Cc1ccc(-n2c3ccc(N(c4ccccc4)c4ccc(-c5ccc(C#N)c(-n6c7ccccc7c7ccc8ccccc8c76)c5C#N)cc4)cc3c3c4ccccc4ccc32)c(C#N)c1. The number of hydrogen-bond donors (Lipinski definition) is 0. The third kappa shape index (κ3) is 5.95. The van der Waals surface area contributed by atoms with E-state index in [4.69, 9.17) is 0 Å². The molecule has 0 aliphatic carbocycles. The topological polar surface area (TPSA) is 108 Å². The maximum Gasteiger partial charge on any atom is 0.102 e. The number of aromatic nitrogens is 2. The number of nitrogens with zero attached hydrogens (tertiary/aromatic N) is 7. The molecule has 0 unspecified atom stereocenters. The van der Waals surface area contributed by atoms with Crippen LogP contribution in [0.4, 0.5) is 17.1 Å². The second kappa shape index (κ2) is 15.4. The van der Waals surface area contributed by atoms with Gasteiger partial charge in [0, 0.05) is 49.6 Å². The maximum atomic E-state index is 11.1. The van der Waals surface area contributed by atoms with E-state index in [9.17, 15) is 21.0 Å². The van der Waals surface area contributed by atoms with Crippen LogP contribution in [-0.2, 0) is 0 Å². The summed E-state index contributed by atoms with van der Waals surface area (Å²) in [6, 6.07) is 76.6. The molecule has 0 spiro atoms. The summed E-state index contributed by atoms with van der Waals surface area (Å²) < 4.78 is 4.24. The van der Waals surface area contributed by atoms with Gasteiger partial charge in [0.25, 0.3) is 0 Å². The summed E-state index contributed by atoms with van der Waals surface area (Å²) in [5, 5.41) is 50.2. The third-order valence-corrected chi connectivity index (χ3v) is 13.0. The largest absolute Gasteiger partial charge is 0.310 e. The van der Waals surface area contributed by atoms with Crippen LogP contribution in [0.5, 0.6) is 0 Å². The average Bonchev–Trinajstić information content (AvgIpc) is 3.91. The molecule has 0 saturated carbocycles. The van der Waals surface area contributed by atoms with Gasteiger partial charge >= 0.3 is 0 Å². The van der Waals surface area contributed by atoms with Gasteiger partial charge in [-0.1, -0.05) is 121 Å². The van der Waals surface area contributed by atoms with Crippen LogP contribution in [0.3, 0.4) is 0 Å². The smallest absolute Gasteiger partial charge is 0.102 e. The highest BCUT2D eigenvalue weighted by atomic mass is 15.1.